The molecule has 0 spiro atoms. The van der Waals surface area contributed by atoms with E-state index in [1.165, 1.54) is 12.1 Å². The highest BCUT2D eigenvalue weighted by molar-refractivity contribution is 6.37. The Morgan fingerprint density at radius 3 is 2.35 bits per heavy atom. The lowest BCUT2D eigenvalue weighted by Gasteiger charge is -2.09. The van der Waals surface area contributed by atoms with Crippen LogP contribution in [-0.2, 0) is 6.42 Å². The average Bonchev–Trinajstić information content (AvgIpc) is 2.35. The minimum Gasteiger partial charge on any atom is -0.220 e. The molecule has 0 N–H and O–H groups in total. The summed E-state index contributed by atoms with van der Waals surface area (Å²) in [5.41, 5.74) is 1.05. The Morgan fingerprint density at radius 1 is 1.15 bits per heavy atom. The Labute approximate surface area is 128 Å². The molecule has 1 aromatic carbocycles. The minimum atomic E-state index is -0.349. The van der Waals surface area contributed by atoms with Crippen molar-refractivity contribution in [2.75, 3.05) is 0 Å². The van der Waals surface area contributed by atoms with Crippen molar-refractivity contribution < 1.29 is 4.39 Å². The molecular formula is C15H15Cl2FN2. The molecule has 106 valence electrons. The molecule has 2 aromatic rings. The highest BCUT2D eigenvalue weighted by Gasteiger charge is 2.14. The predicted octanol–water partition coefficient (Wildman–Crippen LogP) is 5.18. The number of nitrogens with zero attached hydrogens (tertiary/aromatic N) is 2. The molecule has 0 aliphatic heterocycles. The molecule has 1 aromatic heterocycles. The van der Waals surface area contributed by atoms with Gasteiger partial charge in [0, 0.05) is 6.42 Å². The Balaban J connectivity index is 2.36. The van der Waals surface area contributed by atoms with Gasteiger partial charge < -0.3 is 0 Å². The minimum absolute atomic E-state index is 0.259. The molecule has 0 amide bonds. The number of benzene rings is 1. The van der Waals surface area contributed by atoms with Crippen LogP contribution in [-0.4, -0.2) is 9.97 Å². The number of aryl methyl sites for hydroxylation is 1. The summed E-state index contributed by atoms with van der Waals surface area (Å²) >= 11 is 12.4. The molecule has 0 unspecified atom stereocenters. The molecule has 0 saturated carbocycles. The van der Waals surface area contributed by atoms with E-state index in [2.05, 4.69) is 23.8 Å². The van der Waals surface area contributed by atoms with Crippen LogP contribution in [0.4, 0.5) is 4.39 Å². The standard InChI is InChI=1S/C15H15Cl2FN2/c1-9(2)6-7-12-19-14(16)13(15(17)20-12)10-4-3-5-11(18)8-10/h3-5,8-9H,6-7H2,1-2H3. The van der Waals surface area contributed by atoms with Crippen LogP contribution in [0, 0.1) is 11.7 Å². The number of hydrogen-bond acceptors (Lipinski definition) is 2. The fourth-order valence-electron chi connectivity index (χ4n) is 1.86. The average molecular weight is 313 g/mol. The molecule has 5 heteroatoms. The van der Waals surface area contributed by atoms with Crippen LogP contribution in [0.3, 0.4) is 0 Å². The number of aromatic nitrogens is 2. The van der Waals surface area contributed by atoms with Gasteiger partial charge in [-0.1, -0.05) is 49.2 Å². The number of halogens is 3. The summed E-state index contributed by atoms with van der Waals surface area (Å²) in [6, 6.07) is 6.06. The van der Waals surface area contributed by atoms with Crippen LogP contribution in [0.2, 0.25) is 10.3 Å². The molecule has 2 nitrogen and oxygen atoms in total. The van der Waals surface area contributed by atoms with E-state index in [0.717, 1.165) is 12.8 Å². The van der Waals surface area contributed by atoms with Gasteiger partial charge in [-0.25, -0.2) is 14.4 Å². The van der Waals surface area contributed by atoms with E-state index in [9.17, 15) is 4.39 Å². The zero-order valence-corrected chi connectivity index (χ0v) is 12.8. The molecule has 0 bridgehead atoms. The highest BCUT2D eigenvalue weighted by Crippen LogP contribution is 2.32. The zero-order chi connectivity index (χ0) is 14.7. The Kier molecular flexibility index (Phi) is 4.95. The van der Waals surface area contributed by atoms with Crippen molar-refractivity contribution in [3.63, 3.8) is 0 Å². The number of hydrogen-bond donors (Lipinski definition) is 0. The van der Waals surface area contributed by atoms with Crippen LogP contribution in [0.25, 0.3) is 11.1 Å². The Morgan fingerprint density at radius 2 is 1.80 bits per heavy atom. The summed E-state index contributed by atoms with van der Waals surface area (Å²) in [5, 5.41) is 0.517. The van der Waals surface area contributed by atoms with Crippen LogP contribution in [0.1, 0.15) is 26.1 Å². The van der Waals surface area contributed by atoms with E-state index in [1.807, 2.05) is 0 Å². The summed E-state index contributed by atoms with van der Waals surface area (Å²) in [7, 11) is 0. The van der Waals surface area contributed by atoms with Gasteiger partial charge in [0.25, 0.3) is 0 Å². The first-order valence-electron chi connectivity index (χ1n) is 6.45. The number of rotatable bonds is 4. The molecule has 20 heavy (non-hydrogen) atoms. The maximum absolute atomic E-state index is 13.3. The Hall–Kier alpha value is -1.19. The maximum Gasteiger partial charge on any atom is 0.142 e. The van der Waals surface area contributed by atoms with Crippen molar-refractivity contribution >= 4 is 23.2 Å². The van der Waals surface area contributed by atoms with Crippen molar-refractivity contribution in [3.05, 3.63) is 46.2 Å². The smallest absolute Gasteiger partial charge is 0.142 e. The molecule has 1 heterocycles. The van der Waals surface area contributed by atoms with Gasteiger partial charge in [-0.2, -0.15) is 0 Å². The lowest BCUT2D eigenvalue weighted by Crippen LogP contribution is -2.01. The molecule has 2 rings (SSSR count). The van der Waals surface area contributed by atoms with Crippen molar-refractivity contribution in [2.24, 2.45) is 5.92 Å². The Bertz CT molecular complexity index is 592. The molecule has 0 saturated heterocycles. The summed E-state index contributed by atoms with van der Waals surface area (Å²) in [5.74, 6) is 0.825. The van der Waals surface area contributed by atoms with Gasteiger partial charge in [0.2, 0.25) is 0 Å². The van der Waals surface area contributed by atoms with Crippen molar-refractivity contribution in [3.8, 4) is 11.1 Å². The third kappa shape index (κ3) is 3.68. The maximum atomic E-state index is 13.3. The van der Waals surface area contributed by atoms with Gasteiger partial charge in [0.1, 0.15) is 21.9 Å². The van der Waals surface area contributed by atoms with Crippen molar-refractivity contribution in [1.29, 1.82) is 0 Å². The van der Waals surface area contributed by atoms with Crippen LogP contribution < -0.4 is 0 Å². The van der Waals surface area contributed by atoms with Crippen LogP contribution in [0.5, 0.6) is 0 Å². The van der Waals surface area contributed by atoms with Gasteiger partial charge in [-0.3, -0.25) is 0 Å². The van der Waals surface area contributed by atoms with E-state index in [0.29, 0.717) is 22.9 Å². The third-order valence-electron chi connectivity index (χ3n) is 2.93. The summed E-state index contributed by atoms with van der Waals surface area (Å²) in [6.07, 6.45) is 1.69. The monoisotopic (exact) mass is 312 g/mol. The van der Waals surface area contributed by atoms with E-state index in [4.69, 9.17) is 23.2 Å². The van der Waals surface area contributed by atoms with E-state index < -0.39 is 0 Å². The van der Waals surface area contributed by atoms with Gasteiger partial charge in [0.05, 0.1) is 5.56 Å². The van der Waals surface area contributed by atoms with E-state index in [1.54, 1.807) is 12.1 Å². The fraction of sp³-hybridized carbons (Fsp3) is 0.333. The third-order valence-corrected chi connectivity index (χ3v) is 3.47. The van der Waals surface area contributed by atoms with Gasteiger partial charge >= 0.3 is 0 Å². The molecule has 0 fully saturated rings. The van der Waals surface area contributed by atoms with Crippen LogP contribution >= 0.6 is 23.2 Å². The van der Waals surface area contributed by atoms with Gasteiger partial charge in [-0.05, 0) is 30.0 Å². The predicted molar refractivity (Wildman–Crippen MR) is 80.6 cm³/mol. The first kappa shape index (κ1) is 15.2. The molecule has 0 aliphatic carbocycles. The SMILES string of the molecule is CC(C)CCc1nc(Cl)c(-c2cccc(F)c2)c(Cl)n1. The van der Waals surface area contributed by atoms with E-state index >= 15 is 0 Å². The molecular weight excluding hydrogens is 298 g/mol. The van der Waals surface area contributed by atoms with Crippen LogP contribution in [0.15, 0.2) is 24.3 Å². The van der Waals surface area contributed by atoms with Crippen molar-refractivity contribution in [1.82, 2.24) is 9.97 Å². The van der Waals surface area contributed by atoms with E-state index in [-0.39, 0.29) is 16.1 Å². The lowest BCUT2D eigenvalue weighted by molar-refractivity contribution is 0.575. The molecule has 0 atom stereocenters. The second-order valence-electron chi connectivity index (χ2n) is 5.04. The first-order chi connectivity index (χ1) is 9.47. The second-order valence-corrected chi connectivity index (χ2v) is 5.76. The summed E-state index contributed by atoms with van der Waals surface area (Å²) < 4.78 is 13.3. The molecule has 0 radical (unpaired) electrons. The topological polar surface area (TPSA) is 25.8 Å². The fourth-order valence-corrected chi connectivity index (χ4v) is 2.50. The first-order valence-corrected chi connectivity index (χ1v) is 7.21. The zero-order valence-electron chi connectivity index (χ0n) is 11.3. The van der Waals surface area contributed by atoms with Crippen molar-refractivity contribution in [2.45, 2.75) is 26.7 Å². The van der Waals surface area contributed by atoms with Gasteiger partial charge in [-0.15, -0.1) is 0 Å². The summed E-state index contributed by atoms with van der Waals surface area (Å²) in [4.78, 5) is 8.52. The highest BCUT2D eigenvalue weighted by atomic mass is 35.5. The normalized spacial score (nSPS) is 11.1. The quantitative estimate of drug-likeness (QED) is 0.727. The lowest BCUT2D eigenvalue weighted by atomic mass is 10.1. The second kappa shape index (κ2) is 6.51. The largest absolute Gasteiger partial charge is 0.220 e. The van der Waals surface area contributed by atoms with Gasteiger partial charge in [0.15, 0.2) is 0 Å². The summed E-state index contributed by atoms with van der Waals surface area (Å²) in [6.45, 7) is 4.26. The molecule has 0 aliphatic rings.